The van der Waals surface area contributed by atoms with Crippen LogP contribution in [0.5, 0.6) is 0 Å². The van der Waals surface area contributed by atoms with Gasteiger partial charge in [-0.2, -0.15) is 0 Å². The first kappa shape index (κ1) is 21.4. The number of para-hydroxylation sites is 1. The van der Waals surface area contributed by atoms with E-state index in [1.54, 1.807) is 0 Å². The van der Waals surface area contributed by atoms with Crippen molar-refractivity contribution in [1.82, 2.24) is 4.98 Å². The number of rotatable bonds is 7. The Kier molecular flexibility index (Phi) is 7.37. The summed E-state index contributed by atoms with van der Waals surface area (Å²) >= 11 is 0. The SMILES string of the molecule is CB(C)OC(C)c1cccc(C(C)=Nc2c(C(C)C)cccc2C(C)C)n1. The highest BCUT2D eigenvalue weighted by Crippen LogP contribution is 2.35. The Morgan fingerprint density at radius 2 is 1.48 bits per heavy atom. The second kappa shape index (κ2) is 9.32. The van der Waals surface area contributed by atoms with Crippen molar-refractivity contribution < 1.29 is 4.65 Å². The van der Waals surface area contributed by atoms with Gasteiger partial charge in [0.2, 0.25) is 0 Å². The molecule has 0 saturated heterocycles. The molecule has 0 saturated carbocycles. The predicted octanol–water partition coefficient (Wildman–Crippen LogP) is 6.80. The quantitative estimate of drug-likeness (QED) is 0.400. The Morgan fingerprint density at radius 3 is 2.00 bits per heavy atom. The van der Waals surface area contributed by atoms with Crippen LogP contribution in [0.15, 0.2) is 41.4 Å². The number of hydrogen-bond donors (Lipinski definition) is 0. The summed E-state index contributed by atoms with van der Waals surface area (Å²) in [6.07, 6.45) is -0.0353. The lowest BCUT2D eigenvalue weighted by Gasteiger charge is -2.18. The Hall–Kier alpha value is -1.94. The lowest BCUT2D eigenvalue weighted by atomic mass is 9.75. The lowest BCUT2D eigenvalue weighted by molar-refractivity contribution is 0.226. The first-order chi connectivity index (χ1) is 12.7. The third-order valence-electron chi connectivity index (χ3n) is 4.66. The van der Waals surface area contributed by atoms with E-state index in [0.29, 0.717) is 11.8 Å². The molecule has 4 heteroatoms. The van der Waals surface area contributed by atoms with Gasteiger partial charge in [-0.25, -0.2) is 4.98 Å². The molecule has 0 spiro atoms. The topological polar surface area (TPSA) is 34.5 Å². The molecule has 144 valence electrons. The van der Waals surface area contributed by atoms with Gasteiger partial charge in [-0.3, -0.25) is 4.99 Å². The van der Waals surface area contributed by atoms with Gasteiger partial charge in [-0.1, -0.05) is 65.6 Å². The third-order valence-corrected chi connectivity index (χ3v) is 4.66. The van der Waals surface area contributed by atoms with Crippen LogP contribution in [-0.4, -0.2) is 17.6 Å². The van der Waals surface area contributed by atoms with E-state index >= 15 is 0 Å². The summed E-state index contributed by atoms with van der Waals surface area (Å²) in [4.78, 5) is 9.86. The minimum atomic E-state index is -0.0353. The number of aliphatic imine (C=N–C) groups is 1. The Labute approximate surface area is 165 Å². The predicted molar refractivity (Wildman–Crippen MR) is 118 cm³/mol. The van der Waals surface area contributed by atoms with E-state index in [2.05, 4.69) is 45.9 Å². The largest absolute Gasteiger partial charge is 0.429 e. The molecule has 2 aromatic rings. The molecule has 0 aliphatic rings. The molecule has 1 heterocycles. The number of benzene rings is 1. The summed E-state index contributed by atoms with van der Waals surface area (Å²) in [6.45, 7) is 17.2. The Morgan fingerprint density at radius 1 is 0.926 bits per heavy atom. The van der Waals surface area contributed by atoms with E-state index in [1.165, 1.54) is 11.1 Å². The molecule has 0 aliphatic carbocycles. The van der Waals surface area contributed by atoms with Crippen molar-refractivity contribution in [3.8, 4) is 0 Å². The molecule has 0 radical (unpaired) electrons. The second-order valence-corrected chi connectivity index (χ2v) is 8.07. The molecule has 1 atom stereocenters. The third kappa shape index (κ3) is 5.52. The monoisotopic (exact) mass is 364 g/mol. The molecule has 3 nitrogen and oxygen atoms in total. The minimum absolute atomic E-state index is 0.0353. The van der Waals surface area contributed by atoms with E-state index in [-0.39, 0.29) is 13.0 Å². The first-order valence-electron chi connectivity index (χ1n) is 10.0. The minimum Gasteiger partial charge on any atom is -0.429 e. The van der Waals surface area contributed by atoms with Crippen LogP contribution in [0.2, 0.25) is 13.6 Å². The zero-order valence-corrected chi connectivity index (χ0v) is 18.1. The summed E-state index contributed by atoms with van der Waals surface area (Å²) in [5.41, 5.74) is 6.45. The van der Waals surface area contributed by atoms with Crippen molar-refractivity contribution in [2.75, 3.05) is 0 Å². The van der Waals surface area contributed by atoms with Gasteiger partial charge in [-0.05, 0) is 48.9 Å². The highest BCUT2D eigenvalue weighted by molar-refractivity contribution is 6.48. The van der Waals surface area contributed by atoms with Gasteiger partial charge in [0.05, 0.1) is 28.9 Å². The molecule has 2 rings (SSSR count). The van der Waals surface area contributed by atoms with E-state index in [0.717, 1.165) is 22.8 Å². The smallest absolute Gasteiger partial charge is 0.287 e. The molecule has 1 unspecified atom stereocenters. The van der Waals surface area contributed by atoms with Crippen LogP contribution in [0, 0.1) is 0 Å². The molecule has 1 aromatic heterocycles. The highest BCUT2D eigenvalue weighted by atomic mass is 16.4. The average Bonchev–Trinajstić information content (AvgIpc) is 2.61. The van der Waals surface area contributed by atoms with Gasteiger partial charge < -0.3 is 4.65 Å². The fourth-order valence-corrected chi connectivity index (χ4v) is 3.22. The summed E-state index contributed by atoms with van der Waals surface area (Å²) in [5, 5.41) is 0. The maximum atomic E-state index is 5.89. The van der Waals surface area contributed by atoms with Crippen LogP contribution in [0.25, 0.3) is 0 Å². The molecular weight excluding hydrogens is 331 g/mol. The van der Waals surface area contributed by atoms with Crippen LogP contribution in [-0.2, 0) is 4.65 Å². The van der Waals surface area contributed by atoms with Gasteiger partial charge in [0.1, 0.15) is 0 Å². The van der Waals surface area contributed by atoms with Gasteiger partial charge in [0.15, 0.2) is 0 Å². The van der Waals surface area contributed by atoms with Crippen LogP contribution in [0.3, 0.4) is 0 Å². The van der Waals surface area contributed by atoms with E-state index < -0.39 is 0 Å². The Balaban J connectivity index is 2.47. The molecular formula is C23H33BN2O. The van der Waals surface area contributed by atoms with Gasteiger partial charge in [0.25, 0.3) is 6.92 Å². The first-order valence-corrected chi connectivity index (χ1v) is 10.0. The second-order valence-electron chi connectivity index (χ2n) is 8.07. The van der Waals surface area contributed by atoms with E-state index in [1.807, 2.05) is 45.7 Å². The summed E-state index contributed by atoms with van der Waals surface area (Å²) in [5.74, 6) is 0.850. The van der Waals surface area contributed by atoms with Crippen molar-refractivity contribution in [2.24, 2.45) is 4.99 Å². The number of pyridine rings is 1. The van der Waals surface area contributed by atoms with Crippen molar-refractivity contribution in [2.45, 2.75) is 73.1 Å². The number of hydrogen-bond acceptors (Lipinski definition) is 3. The van der Waals surface area contributed by atoms with Crippen LogP contribution in [0.4, 0.5) is 5.69 Å². The van der Waals surface area contributed by atoms with Crippen LogP contribution in [0.1, 0.15) is 82.0 Å². The fraction of sp³-hybridized carbons (Fsp3) is 0.478. The van der Waals surface area contributed by atoms with Crippen LogP contribution < -0.4 is 0 Å². The standard InChI is InChI=1S/C23H33BN2O/c1-15(2)19-11-9-12-20(16(3)4)23(19)25-17(5)21-13-10-14-22(26-21)18(6)27-24(7)8/h9-16,18H,1-8H3. The fourth-order valence-electron chi connectivity index (χ4n) is 3.22. The number of nitrogens with zero attached hydrogens (tertiary/aromatic N) is 2. The highest BCUT2D eigenvalue weighted by Gasteiger charge is 2.15. The maximum absolute atomic E-state index is 5.89. The zero-order valence-electron chi connectivity index (χ0n) is 18.1. The summed E-state index contributed by atoms with van der Waals surface area (Å²) < 4.78 is 5.89. The molecule has 1 aromatic carbocycles. The van der Waals surface area contributed by atoms with E-state index in [9.17, 15) is 0 Å². The summed E-state index contributed by atoms with van der Waals surface area (Å²) in [6, 6.07) is 12.6. The molecule has 0 aliphatic heterocycles. The normalized spacial score (nSPS) is 13.3. The maximum Gasteiger partial charge on any atom is 0.287 e. The van der Waals surface area contributed by atoms with Gasteiger partial charge in [0, 0.05) is 0 Å². The molecule has 0 N–H and O–H groups in total. The Bertz CT molecular complexity index is 770. The van der Waals surface area contributed by atoms with Crippen molar-refractivity contribution in [3.63, 3.8) is 0 Å². The van der Waals surface area contributed by atoms with Gasteiger partial charge >= 0.3 is 0 Å². The average molecular weight is 364 g/mol. The number of aromatic nitrogens is 1. The van der Waals surface area contributed by atoms with Crippen LogP contribution >= 0.6 is 0 Å². The molecule has 0 amide bonds. The van der Waals surface area contributed by atoms with Crippen molar-refractivity contribution in [1.29, 1.82) is 0 Å². The van der Waals surface area contributed by atoms with Crippen molar-refractivity contribution >= 4 is 18.3 Å². The molecule has 0 bridgehead atoms. The van der Waals surface area contributed by atoms with E-state index in [4.69, 9.17) is 14.6 Å². The lowest BCUT2D eigenvalue weighted by Crippen LogP contribution is -2.13. The zero-order chi connectivity index (χ0) is 20.1. The van der Waals surface area contributed by atoms with Gasteiger partial charge in [-0.15, -0.1) is 0 Å². The molecule has 0 fully saturated rings. The van der Waals surface area contributed by atoms with Crippen molar-refractivity contribution in [3.05, 3.63) is 58.9 Å². The summed E-state index contributed by atoms with van der Waals surface area (Å²) in [7, 11) is 0. The molecule has 27 heavy (non-hydrogen) atoms.